The van der Waals surface area contributed by atoms with Gasteiger partial charge < -0.3 is 14.6 Å². The van der Waals surface area contributed by atoms with E-state index in [0.29, 0.717) is 24.5 Å². The van der Waals surface area contributed by atoms with Crippen LogP contribution in [-0.2, 0) is 6.54 Å². The van der Waals surface area contributed by atoms with Crippen molar-refractivity contribution in [3.63, 3.8) is 0 Å². The van der Waals surface area contributed by atoms with Crippen LogP contribution in [0.5, 0.6) is 5.75 Å². The third-order valence-electron chi connectivity index (χ3n) is 4.98. The number of methoxy groups -OCH3 is 1. The van der Waals surface area contributed by atoms with Gasteiger partial charge in [-0.25, -0.2) is 0 Å². The van der Waals surface area contributed by atoms with Crippen molar-refractivity contribution < 1.29 is 9.26 Å². The van der Waals surface area contributed by atoms with Crippen LogP contribution in [0.4, 0.5) is 0 Å². The molecule has 2 aliphatic rings. The molecule has 1 aromatic heterocycles. The molecule has 0 spiro atoms. The molecule has 2 heterocycles. The predicted molar refractivity (Wildman–Crippen MR) is 89.7 cm³/mol. The standard InChI is InChI=1S/C18H24N4O2/c1-12-20-17(21-24-12)11-19-16-8-9-22(14-6-7-14)18(16)13-4-3-5-15(10-13)23-2/h3-5,10,14,16,18-19H,6-9,11H2,1-2H3. The van der Waals surface area contributed by atoms with Crippen LogP contribution in [-0.4, -0.2) is 40.8 Å². The van der Waals surface area contributed by atoms with Crippen LogP contribution < -0.4 is 10.1 Å². The monoisotopic (exact) mass is 328 g/mol. The highest BCUT2D eigenvalue weighted by atomic mass is 16.5. The van der Waals surface area contributed by atoms with Gasteiger partial charge in [-0.05, 0) is 37.0 Å². The first kappa shape index (κ1) is 15.6. The Bertz CT molecular complexity index is 698. The minimum Gasteiger partial charge on any atom is -0.497 e. The van der Waals surface area contributed by atoms with E-state index in [4.69, 9.17) is 9.26 Å². The highest BCUT2D eigenvalue weighted by Gasteiger charge is 2.42. The fourth-order valence-electron chi connectivity index (χ4n) is 3.73. The summed E-state index contributed by atoms with van der Waals surface area (Å²) in [5, 5.41) is 7.63. The summed E-state index contributed by atoms with van der Waals surface area (Å²) in [5.41, 5.74) is 1.32. The van der Waals surface area contributed by atoms with Crippen molar-refractivity contribution in [1.82, 2.24) is 20.4 Å². The predicted octanol–water partition coefficient (Wildman–Crippen LogP) is 2.45. The summed E-state index contributed by atoms with van der Waals surface area (Å²) in [6.45, 7) is 3.59. The van der Waals surface area contributed by atoms with E-state index >= 15 is 0 Å². The number of ether oxygens (including phenoxy) is 1. The Morgan fingerprint density at radius 1 is 1.33 bits per heavy atom. The number of hydrogen-bond donors (Lipinski definition) is 1. The molecule has 1 aliphatic heterocycles. The molecule has 6 heteroatoms. The van der Waals surface area contributed by atoms with Crippen LogP contribution in [0.2, 0.25) is 0 Å². The maximum absolute atomic E-state index is 5.42. The minimum absolute atomic E-state index is 0.376. The molecule has 2 aromatic rings. The summed E-state index contributed by atoms with van der Waals surface area (Å²) in [6, 6.07) is 9.96. The van der Waals surface area contributed by atoms with Crippen LogP contribution >= 0.6 is 0 Å². The first-order chi connectivity index (χ1) is 11.7. The summed E-state index contributed by atoms with van der Waals surface area (Å²) in [4.78, 5) is 6.94. The second-order valence-corrected chi connectivity index (χ2v) is 6.70. The molecule has 2 fully saturated rings. The fraction of sp³-hybridized carbons (Fsp3) is 0.556. The van der Waals surface area contributed by atoms with Gasteiger partial charge in [-0.15, -0.1) is 0 Å². The Balaban J connectivity index is 1.53. The average Bonchev–Trinajstić information content (AvgIpc) is 3.23. The van der Waals surface area contributed by atoms with Crippen LogP contribution in [0.25, 0.3) is 0 Å². The zero-order chi connectivity index (χ0) is 16.5. The number of rotatable bonds is 6. The third-order valence-corrected chi connectivity index (χ3v) is 4.98. The Morgan fingerprint density at radius 3 is 2.92 bits per heavy atom. The molecule has 1 N–H and O–H groups in total. The topological polar surface area (TPSA) is 63.4 Å². The van der Waals surface area contributed by atoms with Gasteiger partial charge in [-0.2, -0.15) is 4.98 Å². The Kier molecular flexibility index (Phi) is 4.24. The van der Waals surface area contributed by atoms with Crippen LogP contribution in [0.1, 0.15) is 42.6 Å². The van der Waals surface area contributed by atoms with Gasteiger partial charge in [-0.1, -0.05) is 17.3 Å². The summed E-state index contributed by atoms with van der Waals surface area (Å²) in [6.07, 6.45) is 3.77. The van der Waals surface area contributed by atoms with Crippen molar-refractivity contribution in [3.05, 3.63) is 41.5 Å². The lowest BCUT2D eigenvalue weighted by atomic mass is 9.99. The SMILES string of the molecule is COc1cccc(C2C(NCc3noc(C)n3)CCN2C2CC2)c1. The number of benzene rings is 1. The fourth-order valence-corrected chi connectivity index (χ4v) is 3.73. The van der Waals surface area contributed by atoms with Gasteiger partial charge in [0.15, 0.2) is 5.82 Å². The molecule has 1 aromatic carbocycles. The quantitative estimate of drug-likeness (QED) is 0.879. The molecule has 6 nitrogen and oxygen atoms in total. The molecule has 4 rings (SSSR count). The second-order valence-electron chi connectivity index (χ2n) is 6.70. The molecule has 0 amide bonds. The lowest BCUT2D eigenvalue weighted by Crippen LogP contribution is -2.36. The van der Waals surface area contributed by atoms with E-state index in [2.05, 4.69) is 38.6 Å². The lowest BCUT2D eigenvalue weighted by molar-refractivity contribution is 0.225. The average molecular weight is 328 g/mol. The lowest BCUT2D eigenvalue weighted by Gasteiger charge is -2.29. The molecule has 128 valence electrons. The molecule has 0 radical (unpaired) electrons. The number of hydrogen-bond acceptors (Lipinski definition) is 6. The summed E-state index contributed by atoms with van der Waals surface area (Å²) in [7, 11) is 1.72. The largest absolute Gasteiger partial charge is 0.497 e. The van der Waals surface area contributed by atoms with Crippen molar-refractivity contribution >= 4 is 0 Å². The number of likely N-dealkylation sites (tertiary alicyclic amines) is 1. The molecule has 1 aliphatic carbocycles. The molecule has 2 atom stereocenters. The van der Waals surface area contributed by atoms with Gasteiger partial charge in [0.2, 0.25) is 5.89 Å². The molecular weight excluding hydrogens is 304 g/mol. The van der Waals surface area contributed by atoms with E-state index in [1.54, 1.807) is 7.11 Å². The van der Waals surface area contributed by atoms with E-state index in [0.717, 1.165) is 30.6 Å². The number of nitrogens with one attached hydrogen (secondary N) is 1. The van der Waals surface area contributed by atoms with Gasteiger partial charge in [0.1, 0.15) is 5.75 Å². The van der Waals surface area contributed by atoms with Gasteiger partial charge >= 0.3 is 0 Å². The minimum atomic E-state index is 0.376. The smallest absolute Gasteiger partial charge is 0.223 e. The van der Waals surface area contributed by atoms with E-state index in [1.807, 2.05) is 13.0 Å². The Morgan fingerprint density at radius 2 is 2.21 bits per heavy atom. The molecular formula is C18H24N4O2. The highest BCUT2D eigenvalue weighted by molar-refractivity contribution is 5.32. The van der Waals surface area contributed by atoms with Gasteiger partial charge in [0.05, 0.1) is 19.7 Å². The molecule has 1 saturated heterocycles. The van der Waals surface area contributed by atoms with Crippen LogP contribution in [0.3, 0.4) is 0 Å². The summed E-state index contributed by atoms with van der Waals surface area (Å²) < 4.78 is 10.5. The van der Waals surface area contributed by atoms with Crippen molar-refractivity contribution in [2.45, 2.75) is 50.9 Å². The normalized spacial score (nSPS) is 24.4. The molecule has 0 bridgehead atoms. The van der Waals surface area contributed by atoms with Crippen LogP contribution in [0, 0.1) is 6.92 Å². The Labute approximate surface area is 142 Å². The van der Waals surface area contributed by atoms with Gasteiger partial charge in [-0.3, -0.25) is 4.90 Å². The molecule has 24 heavy (non-hydrogen) atoms. The second kappa shape index (κ2) is 6.53. The molecule has 1 saturated carbocycles. The first-order valence-corrected chi connectivity index (χ1v) is 8.67. The van der Waals surface area contributed by atoms with E-state index in [-0.39, 0.29) is 0 Å². The maximum atomic E-state index is 5.42. The zero-order valence-corrected chi connectivity index (χ0v) is 14.2. The number of aromatic nitrogens is 2. The van der Waals surface area contributed by atoms with Crippen molar-refractivity contribution in [2.75, 3.05) is 13.7 Å². The third kappa shape index (κ3) is 3.16. The first-order valence-electron chi connectivity index (χ1n) is 8.67. The molecule has 2 unspecified atom stereocenters. The van der Waals surface area contributed by atoms with Crippen molar-refractivity contribution in [2.24, 2.45) is 0 Å². The summed E-state index contributed by atoms with van der Waals surface area (Å²) >= 11 is 0. The Hall–Kier alpha value is -1.92. The van der Waals surface area contributed by atoms with E-state index < -0.39 is 0 Å². The van der Waals surface area contributed by atoms with E-state index in [9.17, 15) is 0 Å². The highest BCUT2D eigenvalue weighted by Crippen LogP contribution is 2.41. The van der Waals surface area contributed by atoms with Crippen molar-refractivity contribution in [1.29, 1.82) is 0 Å². The van der Waals surface area contributed by atoms with Gasteiger partial charge in [0, 0.05) is 25.6 Å². The number of aryl methyl sites for hydroxylation is 1. The van der Waals surface area contributed by atoms with E-state index in [1.165, 1.54) is 18.4 Å². The van der Waals surface area contributed by atoms with Crippen molar-refractivity contribution in [3.8, 4) is 5.75 Å². The summed E-state index contributed by atoms with van der Waals surface area (Å²) in [5.74, 6) is 2.26. The zero-order valence-electron chi connectivity index (χ0n) is 14.2. The maximum Gasteiger partial charge on any atom is 0.223 e. The number of nitrogens with zero attached hydrogens (tertiary/aromatic N) is 3. The van der Waals surface area contributed by atoms with Gasteiger partial charge in [0.25, 0.3) is 0 Å². The van der Waals surface area contributed by atoms with Crippen LogP contribution in [0.15, 0.2) is 28.8 Å².